The first-order valence-corrected chi connectivity index (χ1v) is 6.44. The van der Waals surface area contributed by atoms with Crippen LogP contribution >= 0.6 is 11.5 Å². The number of amides is 1. The second-order valence-electron chi connectivity index (χ2n) is 4.11. The van der Waals surface area contributed by atoms with E-state index in [1.807, 2.05) is 0 Å². The van der Waals surface area contributed by atoms with Crippen molar-refractivity contribution in [3.05, 3.63) is 40.4 Å². The highest BCUT2D eigenvalue weighted by molar-refractivity contribution is 7.08. The molecular formula is C12H8F3N3O3S. The number of aromatic nitrogens is 1. The Hall–Kier alpha value is -2.62. The molecule has 0 aliphatic rings. The summed E-state index contributed by atoms with van der Waals surface area (Å²) in [5.74, 6) is -2.23. The Bertz CT molecular complexity index is 743. The second kappa shape index (κ2) is 5.64. The number of nitrogens with zero attached hydrogens (tertiary/aromatic N) is 1. The van der Waals surface area contributed by atoms with Crippen LogP contribution < -0.4 is 11.1 Å². The van der Waals surface area contributed by atoms with Crippen LogP contribution in [0.15, 0.2) is 24.3 Å². The molecule has 0 unspecified atom stereocenters. The van der Waals surface area contributed by atoms with Crippen molar-refractivity contribution in [2.24, 2.45) is 0 Å². The van der Waals surface area contributed by atoms with Crippen molar-refractivity contribution >= 4 is 34.8 Å². The fourth-order valence-corrected chi connectivity index (χ4v) is 2.22. The summed E-state index contributed by atoms with van der Waals surface area (Å²) in [7, 11) is 0. The number of anilines is 2. The average Bonchev–Trinajstić information content (AvgIpc) is 2.80. The number of hydrogen-bond donors (Lipinski definition) is 3. The first kappa shape index (κ1) is 15.8. The number of alkyl halides is 3. The van der Waals surface area contributed by atoms with Crippen LogP contribution in [-0.4, -0.2) is 21.4 Å². The number of carbonyl (C=O) groups excluding carboxylic acids is 1. The topological polar surface area (TPSA) is 105 Å². The van der Waals surface area contributed by atoms with E-state index in [0.717, 1.165) is 18.2 Å². The van der Waals surface area contributed by atoms with E-state index < -0.39 is 23.6 Å². The number of halogens is 3. The number of benzene rings is 1. The smallest absolute Gasteiger partial charge is 0.416 e. The maximum Gasteiger partial charge on any atom is 0.416 e. The molecule has 2 aromatic rings. The molecule has 1 amide bonds. The van der Waals surface area contributed by atoms with E-state index in [2.05, 4.69) is 9.69 Å². The molecule has 116 valence electrons. The third-order valence-electron chi connectivity index (χ3n) is 2.59. The zero-order chi connectivity index (χ0) is 16.5. The van der Waals surface area contributed by atoms with Crippen LogP contribution in [-0.2, 0) is 6.18 Å². The lowest BCUT2D eigenvalue weighted by Crippen LogP contribution is -2.15. The Morgan fingerprint density at radius 3 is 2.55 bits per heavy atom. The normalized spacial score (nSPS) is 11.2. The van der Waals surface area contributed by atoms with Gasteiger partial charge >= 0.3 is 12.1 Å². The lowest BCUT2D eigenvalue weighted by molar-refractivity contribution is -0.137. The molecule has 0 fully saturated rings. The van der Waals surface area contributed by atoms with Crippen LogP contribution in [0.4, 0.5) is 24.5 Å². The van der Waals surface area contributed by atoms with Gasteiger partial charge in [0.1, 0.15) is 0 Å². The Morgan fingerprint density at radius 2 is 2.00 bits per heavy atom. The molecule has 1 aromatic carbocycles. The van der Waals surface area contributed by atoms with Gasteiger partial charge in [-0.05, 0) is 29.7 Å². The van der Waals surface area contributed by atoms with Gasteiger partial charge in [0, 0.05) is 5.69 Å². The van der Waals surface area contributed by atoms with Crippen LogP contribution in [0.5, 0.6) is 0 Å². The van der Waals surface area contributed by atoms with E-state index in [0.29, 0.717) is 11.5 Å². The van der Waals surface area contributed by atoms with E-state index >= 15 is 0 Å². The summed E-state index contributed by atoms with van der Waals surface area (Å²) in [5.41, 5.74) is 3.77. The average molecular weight is 331 g/mol. The number of aromatic carboxylic acids is 1. The molecule has 0 saturated carbocycles. The van der Waals surface area contributed by atoms with Gasteiger partial charge in [0.15, 0.2) is 10.6 Å². The predicted molar refractivity (Wildman–Crippen MR) is 72.9 cm³/mol. The van der Waals surface area contributed by atoms with E-state index in [4.69, 9.17) is 10.8 Å². The highest BCUT2D eigenvalue weighted by Gasteiger charge is 2.30. The van der Waals surface area contributed by atoms with Gasteiger partial charge in [0.2, 0.25) is 0 Å². The molecule has 10 heteroatoms. The molecule has 1 aromatic heterocycles. The van der Waals surface area contributed by atoms with Gasteiger partial charge in [0.25, 0.3) is 5.91 Å². The van der Waals surface area contributed by atoms with Crippen LogP contribution in [0, 0.1) is 0 Å². The molecule has 22 heavy (non-hydrogen) atoms. The molecule has 4 N–H and O–H groups in total. The Morgan fingerprint density at radius 1 is 1.32 bits per heavy atom. The highest BCUT2D eigenvalue weighted by Crippen LogP contribution is 2.31. The molecule has 0 atom stereocenters. The first-order valence-electron chi connectivity index (χ1n) is 5.67. The summed E-state index contributed by atoms with van der Waals surface area (Å²) >= 11 is 0.515. The summed E-state index contributed by atoms with van der Waals surface area (Å²) in [4.78, 5) is 22.4. The van der Waals surface area contributed by atoms with E-state index in [1.54, 1.807) is 0 Å². The monoisotopic (exact) mass is 331 g/mol. The van der Waals surface area contributed by atoms with Crippen LogP contribution in [0.3, 0.4) is 0 Å². The standard InChI is InChI=1S/C12H8F3N3O3S/c13-12(14,15)5-2-1-3-6(4-5)17-10(19)8-7(16)9(11(20)21)22-18-8/h1-4H,16H2,(H,17,19)(H,20,21). The van der Waals surface area contributed by atoms with E-state index in [1.165, 1.54) is 6.07 Å². The minimum Gasteiger partial charge on any atom is -0.477 e. The van der Waals surface area contributed by atoms with Crippen molar-refractivity contribution < 1.29 is 27.9 Å². The zero-order valence-electron chi connectivity index (χ0n) is 10.6. The fraction of sp³-hybridized carbons (Fsp3) is 0.0833. The highest BCUT2D eigenvalue weighted by atomic mass is 32.1. The fourth-order valence-electron chi connectivity index (χ4n) is 1.58. The number of rotatable bonds is 3. The second-order valence-corrected chi connectivity index (χ2v) is 4.89. The van der Waals surface area contributed by atoms with Crippen LogP contribution in [0.1, 0.15) is 25.7 Å². The lowest BCUT2D eigenvalue weighted by Gasteiger charge is -2.09. The summed E-state index contributed by atoms with van der Waals surface area (Å²) < 4.78 is 41.3. The first-order chi connectivity index (χ1) is 10.2. The van der Waals surface area contributed by atoms with Gasteiger partial charge in [-0.3, -0.25) is 4.79 Å². The van der Waals surface area contributed by atoms with Crippen molar-refractivity contribution in [3.63, 3.8) is 0 Å². The molecule has 0 aliphatic carbocycles. The van der Waals surface area contributed by atoms with Crippen molar-refractivity contribution in [2.45, 2.75) is 6.18 Å². The van der Waals surface area contributed by atoms with Gasteiger partial charge in [-0.15, -0.1) is 0 Å². The van der Waals surface area contributed by atoms with Gasteiger partial charge in [-0.2, -0.15) is 17.5 Å². The van der Waals surface area contributed by atoms with Gasteiger partial charge in [-0.25, -0.2) is 4.79 Å². The Balaban J connectivity index is 2.25. The number of nitrogen functional groups attached to an aromatic ring is 1. The van der Waals surface area contributed by atoms with E-state index in [-0.39, 0.29) is 21.9 Å². The molecule has 0 bridgehead atoms. The van der Waals surface area contributed by atoms with Crippen LogP contribution in [0.25, 0.3) is 0 Å². The summed E-state index contributed by atoms with van der Waals surface area (Å²) in [6, 6.07) is 3.99. The summed E-state index contributed by atoms with van der Waals surface area (Å²) in [5, 5.41) is 11.0. The third-order valence-corrected chi connectivity index (χ3v) is 3.44. The van der Waals surface area contributed by atoms with Crippen LogP contribution in [0.2, 0.25) is 0 Å². The van der Waals surface area contributed by atoms with Crippen molar-refractivity contribution in [1.82, 2.24) is 4.37 Å². The number of carbonyl (C=O) groups is 2. The third kappa shape index (κ3) is 3.17. The van der Waals surface area contributed by atoms with Gasteiger partial charge in [0.05, 0.1) is 11.3 Å². The molecular weight excluding hydrogens is 323 g/mol. The minimum atomic E-state index is -4.54. The number of hydrogen-bond acceptors (Lipinski definition) is 5. The maximum absolute atomic E-state index is 12.6. The summed E-state index contributed by atoms with van der Waals surface area (Å²) in [6.45, 7) is 0. The summed E-state index contributed by atoms with van der Waals surface area (Å²) in [6.07, 6.45) is -4.54. The SMILES string of the molecule is Nc1c(C(=O)Nc2cccc(C(F)(F)F)c2)nsc1C(=O)O. The van der Waals surface area contributed by atoms with Crippen molar-refractivity contribution in [2.75, 3.05) is 11.1 Å². The Kier molecular flexibility index (Phi) is 4.04. The Labute approximate surface area is 125 Å². The largest absolute Gasteiger partial charge is 0.477 e. The van der Waals surface area contributed by atoms with Gasteiger partial charge in [-0.1, -0.05) is 6.07 Å². The lowest BCUT2D eigenvalue weighted by atomic mass is 10.2. The molecule has 0 saturated heterocycles. The number of nitrogens with one attached hydrogen (secondary N) is 1. The van der Waals surface area contributed by atoms with Crippen molar-refractivity contribution in [1.29, 1.82) is 0 Å². The number of carboxylic acid groups (broad SMARTS) is 1. The predicted octanol–water partition coefficient (Wildman–Crippen LogP) is 2.69. The molecule has 2 rings (SSSR count). The number of nitrogens with two attached hydrogens (primary N) is 1. The zero-order valence-corrected chi connectivity index (χ0v) is 11.5. The quantitative estimate of drug-likeness (QED) is 0.802. The van der Waals surface area contributed by atoms with Crippen molar-refractivity contribution in [3.8, 4) is 0 Å². The molecule has 0 radical (unpaired) electrons. The minimum absolute atomic E-state index is 0.107. The molecule has 0 aliphatic heterocycles. The molecule has 0 spiro atoms. The molecule has 6 nitrogen and oxygen atoms in total. The number of carboxylic acids is 1. The maximum atomic E-state index is 12.6. The van der Waals surface area contributed by atoms with E-state index in [9.17, 15) is 22.8 Å². The molecule has 1 heterocycles. The van der Waals surface area contributed by atoms with Gasteiger partial charge < -0.3 is 16.2 Å².